The molecule has 0 spiro atoms. The van der Waals surface area contributed by atoms with Crippen molar-refractivity contribution < 1.29 is 17.9 Å². The van der Waals surface area contributed by atoms with Crippen molar-refractivity contribution in [2.45, 2.75) is 37.0 Å². The van der Waals surface area contributed by atoms with Crippen molar-refractivity contribution in [3.63, 3.8) is 0 Å². The summed E-state index contributed by atoms with van der Waals surface area (Å²) in [5.74, 6) is 0.298. The highest BCUT2D eigenvalue weighted by molar-refractivity contribution is 7.89. The van der Waals surface area contributed by atoms with E-state index in [1.54, 1.807) is 6.07 Å². The van der Waals surface area contributed by atoms with Crippen LogP contribution in [0.4, 0.5) is 5.69 Å². The lowest BCUT2D eigenvalue weighted by Crippen LogP contribution is -2.28. The van der Waals surface area contributed by atoms with Gasteiger partial charge in [-0.2, -0.15) is 4.31 Å². The summed E-state index contributed by atoms with van der Waals surface area (Å²) in [6.07, 6.45) is 4.96. The van der Waals surface area contributed by atoms with E-state index in [1.807, 2.05) is 18.2 Å². The number of hydrogen-bond acceptors (Lipinski definition) is 4. The number of aryl methyl sites for hydroxylation is 2. The predicted molar refractivity (Wildman–Crippen MR) is 112 cm³/mol. The lowest BCUT2D eigenvalue weighted by atomic mass is 10.1. The van der Waals surface area contributed by atoms with E-state index in [1.165, 1.54) is 27.6 Å². The summed E-state index contributed by atoms with van der Waals surface area (Å²) in [7, 11) is -3.67. The molecule has 1 aliphatic heterocycles. The maximum absolute atomic E-state index is 12.8. The molecule has 1 fully saturated rings. The first-order valence-electron chi connectivity index (χ1n) is 9.78. The Labute approximate surface area is 175 Å². The topological polar surface area (TPSA) is 75.7 Å². The Bertz CT molecular complexity index is 1030. The smallest absolute Gasteiger partial charge is 0.262 e. The van der Waals surface area contributed by atoms with Gasteiger partial charge in [0, 0.05) is 18.8 Å². The number of halogens is 1. The van der Waals surface area contributed by atoms with E-state index in [0.717, 1.165) is 32.1 Å². The summed E-state index contributed by atoms with van der Waals surface area (Å²) in [6.45, 7) is 0.823. The molecule has 0 aromatic heterocycles. The van der Waals surface area contributed by atoms with E-state index in [0.29, 0.717) is 24.5 Å². The van der Waals surface area contributed by atoms with Gasteiger partial charge in [0.05, 0.1) is 5.02 Å². The van der Waals surface area contributed by atoms with E-state index in [9.17, 15) is 13.2 Å². The second kappa shape index (κ2) is 8.34. The van der Waals surface area contributed by atoms with E-state index in [4.69, 9.17) is 16.3 Å². The molecule has 0 saturated carbocycles. The number of rotatable bonds is 6. The molecule has 1 amide bonds. The number of amides is 1. The van der Waals surface area contributed by atoms with Crippen LogP contribution >= 0.6 is 11.6 Å². The molecule has 1 saturated heterocycles. The van der Waals surface area contributed by atoms with Crippen LogP contribution in [0.25, 0.3) is 0 Å². The molecule has 0 radical (unpaired) electrons. The predicted octanol–water partition coefficient (Wildman–Crippen LogP) is 3.63. The molecule has 4 rings (SSSR count). The summed E-state index contributed by atoms with van der Waals surface area (Å²) in [5, 5.41) is 2.83. The van der Waals surface area contributed by atoms with E-state index in [-0.39, 0.29) is 22.4 Å². The lowest BCUT2D eigenvalue weighted by Gasteiger charge is -2.17. The number of anilines is 1. The second-order valence-electron chi connectivity index (χ2n) is 7.38. The SMILES string of the molecule is O=C(COc1ccc2c(c1)CCC2)Nc1ccc(Cl)c(S(=O)(=O)N2CCCC2)c1. The highest BCUT2D eigenvalue weighted by Gasteiger charge is 2.29. The molecule has 29 heavy (non-hydrogen) atoms. The summed E-state index contributed by atoms with van der Waals surface area (Å²) >= 11 is 6.14. The zero-order valence-electron chi connectivity index (χ0n) is 16.0. The Hall–Kier alpha value is -2.09. The molecule has 6 nitrogen and oxygen atoms in total. The minimum Gasteiger partial charge on any atom is -0.484 e. The average molecular weight is 435 g/mol. The summed E-state index contributed by atoms with van der Waals surface area (Å²) in [5.41, 5.74) is 2.99. The number of carbonyl (C=O) groups excluding carboxylic acids is 1. The highest BCUT2D eigenvalue weighted by atomic mass is 35.5. The Morgan fingerprint density at radius 1 is 1.03 bits per heavy atom. The van der Waals surface area contributed by atoms with Crippen LogP contribution in [-0.2, 0) is 27.7 Å². The van der Waals surface area contributed by atoms with E-state index < -0.39 is 10.0 Å². The molecule has 1 aliphatic carbocycles. The van der Waals surface area contributed by atoms with Gasteiger partial charge in [0.1, 0.15) is 10.6 Å². The number of hydrogen-bond donors (Lipinski definition) is 1. The fourth-order valence-corrected chi connectivity index (χ4v) is 5.85. The van der Waals surface area contributed by atoms with Crippen molar-refractivity contribution in [3.05, 3.63) is 52.5 Å². The Morgan fingerprint density at radius 3 is 2.59 bits per heavy atom. The summed E-state index contributed by atoms with van der Waals surface area (Å²) in [6, 6.07) is 10.4. The van der Waals surface area contributed by atoms with Crippen molar-refractivity contribution in [2.75, 3.05) is 25.0 Å². The maximum Gasteiger partial charge on any atom is 0.262 e. The van der Waals surface area contributed by atoms with E-state index >= 15 is 0 Å². The fraction of sp³-hybridized carbons (Fsp3) is 0.381. The molecule has 0 atom stereocenters. The molecule has 154 valence electrons. The van der Waals surface area contributed by atoms with Crippen molar-refractivity contribution in [3.8, 4) is 5.75 Å². The van der Waals surface area contributed by atoms with Gasteiger partial charge in [0.15, 0.2) is 6.61 Å². The normalized spacial score (nSPS) is 16.6. The first-order chi connectivity index (χ1) is 13.9. The van der Waals surface area contributed by atoms with Gasteiger partial charge in [0.2, 0.25) is 10.0 Å². The third kappa shape index (κ3) is 4.42. The molecule has 1 N–H and O–H groups in total. The molecule has 8 heteroatoms. The standard InChI is InChI=1S/C21H23ClN2O4S/c22-19-9-7-17(13-20(19)29(26,27)24-10-1-2-11-24)23-21(25)14-28-18-8-6-15-4-3-5-16(15)12-18/h6-9,12-13H,1-5,10-11,14H2,(H,23,25). The Morgan fingerprint density at radius 2 is 1.79 bits per heavy atom. The van der Waals surface area contributed by atoms with Crippen LogP contribution in [0.5, 0.6) is 5.75 Å². The Balaban J connectivity index is 1.42. The number of nitrogens with one attached hydrogen (secondary N) is 1. The van der Waals surface area contributed by atoms with Gasteiger partial charge in [0.25, 0.3) is 5.91 Å². The van der Waals surface area contributed by atoms with Gasteiger partial charge < -0.3 is 10.1 Å². The minimum atomic E-state index is -3.67. The number of sulfonamides is 1. The average Bonchev–Trinajstić information content (AvgIpc) is 3.39. The zero-order chi connectivity index (χ0) is 20.4. The number of benzene rings is 2. The van der Waals surface area contributed by atoms with Crippen LogP contribution in [0.2, 0.25) is 5.02 Å². The minimum absolute atomic E-state index is 0.0124. The van der Waals surface area contributed by atoms with Crippen LogP contribution < -0.4 is 10.1 Å². The maximum atomic E-state index is 12.8. The van der Waals surface area contributed by atoms with Crippen molar-refractivity contribution in [2.24, 2.45) is 0 Å². The number of carbonyl (C=O) groups is 1. The van der Waals surface area contributed by atoms with Gasteiger partial charge in [-0.25, -0.2) is 8.42 Å². The lowest BCUT2D eigenvalue weighted by molar-refractivity contribution is -0.118. The van der Waals surface area contributed by atoms with Crippen molar-refractivity contribution in [1.82, 2.24) is 4.31 Å². The molecular formula is C21H23ClN2O4S. The monoisotopic (exact) mass is 434 g/mol. The number of fused-ring (bicyclic) bond motifs is 1. The Kier molecular flexibility index (Phi) is 5.81. The van der Waals surface area contributed by atoms with Gasteiger partial charge in [-0.05, 0) is 73.6 Å². The first kappa shape index (κ1) is 20.2. The molecule has 2 aromatic rings. The van der Waals surface area contributed by atoms with Crippen molar-refractivity contribution in [1.29, 1.82) is 0 Å². The van der Waals surface area contributed by atoms with Crippen LogP contribution in [0.3, 0.4) is 0 Å². The van der Waals surface area contributed by atoms with Crippen molar-refractivity contribution >= 4 is 33.2 Å². The molecule has 2 aromatic carbocycles. The number of ether oxygens (including phenoxy) is 1. The fourth-order valence-electron chi connectivity index (χ4n) is 3.83. The quantitative estimate of drug-likeness (QED) is 0.753. The van der Waals surface area contributed by atoms with Gasteiger partial charge >= 0.3 is 0 Å². The van der Waals surface area contributed by atoms with Crippen LogP contribution in [0.15, 0.2) is 41.3 Å². The zero-order valence-corrected chi connectivity index (χ0v) is 17.6. The molecule has 2 aliphatic rings. The summed E-state index contributed by atoms with van der Waals surface area (Å²) < 4.78 is 32.6. The van der Waals surface area contributed by atoms with Gasteiger partial charge in [-0.3, -0.25) is 4.79 Å². The van der Waals surface area contributed by atoms with Gasteiger partial charge in [-0.1, -0.05) is 17.7 Å². The first-order valence-corrected chi connectivity index (χ1v) is 11.6. The molecular weight excluding hydrogens is 412 g/mol. The second-order valence-corrected chi connectivity index (χ2v) is 9.69. The summed E-state index contributed by atoms with van der Waals surface area (Å²) in [4.78, 5) is 12.3. The third-order valence-electron chi connectivity index (χ3n) is 5.34. The van der Waals surface area contributed by atoms with E-state index in [2.05, 4.69) is 5.32 Å². The highest BCUT2D eigenvalue weighted by Crippen LogP contribution is 2.30. The van der Waals surface area contributed by atoms with Crippen LogP contribution in [0.1, 0.15) is 30.4 Å². The van der Waals surface area contributed by atoms with Crippen LogP contribution in [-0.4, -0.2) is 38.3 Å². The van der Waals surface area contributed by atoms with Gasteiger partial charge in [-0.15, -0.1) is 0 Å². The third-order valence-corrected chi connectivity index (χ3v) is 7.72. The molecule has 0 bridgehead atoms. The molecule has 1 heterocycles. The largest absolute Gasteiger partial charge is 0.484 e. The van der Waals surface area contributed by atoms with Crippen LogP contribution in [0, 0.1) is 0 Å². The molecule has 0 unspecified atom stereocenters. The number of nitrogens with zero attached hydrogens (tertiary/aromatic N) is 1.